The fraction of sp³-hybridized carbons (Fsp3) is 0.200. The molecular formula is C15H17ClN2O2. The predicted molar refractivity (Wildman–Crippen MR) is 80.0 cm³/mol. The molecule has 0 saturated carbocycles. The van der Waals surface area contributed by atoms with Gasteiger partial charge in [0.25, 0.3) is 0 Å². The Bertz CT molecular complexity index is 549. The number of halogens is 1. The highest BCUT2D eigenvalue weighted by molar-refractivity contribution is 6.32. The highest BCUT2D eigenvalue weighted by Gasteiger charge is 2.13. The summed E-state index contributed by atoms with van der Waals surface area (Å²) in [5, 5.41) is 0.566. The van der Waals surface area contributed by atoms with Crippen molar-refractivity contribution in [1.82, 2.24) is 5.43 Å². The topological polar surface area (TPSA) is 56.5 Å². The van der Waals surface area contributed by atoms with Gasteiger partial charge >= 0.3 is 0 Å². The SMILES string of the molecule is COc1cc(C(COc2ccccc2)NN)ccc1Cl. The molecule has 106 valence electrons. The van der Waals surface area contributed by atoms with Crippen LogP contribution in [0.2, 0.25) is 5.02 Å². The van der Waals surface area contributed by atoms with Gasteiger partial charge in [0.15, 0.2) is 0 Å². The Labute approximate surface area is 123 Å². The Morgan fingerprint density at radius 3 is 2.60 bits per heavy atom. The van der Waals surface area contributed by atoms with Crippen LogP contribution in [0.3, 0.4) is 0 Å². The van der Waals surface area contributed by atoms with E-state index in [1.807, 2.05) is 42.5 Å². The lowest BCUT2D eigenvalue weighted by molar-refractivity contribution is 0.267. The lowest BCUT2D eigenvalue weighted by Gasteiger charge is -2.18. The summed E-state index contributed by atoms with van der Waals surface area (Å²) in [4.78, 5) is 0. The highest BCUT2D eigenvalue weighted by atomic mass is 35.5. The summed E-state index contributed by atoms with van der Waals surface area (Å²) < 4.78 is 10.9. The molecule has 0 saturated heterocycles. The van der Waals surface area contributed by atoms with Crippen LogP contribution < -0.4 is 20.7 Å². The maximum Gasteiger partial charge on any atom is 0.137 e. The molecule has 5 heteroatoms. The number of nitrogens with one attached hydrogen (secondary N) is 1. The first-order valence-corrected chi connectivity index (χ1v) is 6.60. The van der Waals surface area contributed by atoms with E-state index in [0.717, 1.165) is 11.3 Å². The third kappa shape index (κ3) is 3.63. The molecule has 2 aromatic rings. The molecule has 0 heterocycles. The van der Waals surface area contributed by atoms with Crippen molar-refractivity contribution >= 4 is 11.6 Å². The quantitative estimate of drug-likeness (QED) is 0.635. The second-order valence-corrected chi connectivity index (χ2v) is 4.64. The summed E-state index contributed by atoms with van der Waals surface area (Å²) in [6.07, 6.45) is 0. The average molecular weight is 293 g/mol. The summed E-state index contributed by atoms with van der Waals surface area (Å²) in [5.41, 5.74) is 3.68. The predicted octanol–water partition coefficient (Wildman–Crippen LogP) is 2.93. The zero-order valence-corrected chi connectivity index (χ0v) is 11.9. The third-order valence-electron chi connectivity index (χ3n) is 2.94. The van der Waals surface area contributed by atoms with Crippen molar-refractivity contribution in [3.63, 3.8) is 0 Å². The van der Waals surface area contributed by atoms with E-state index in [2.05, 4.69) is 5.43 Å². The van der Waals surface area contributed by atoms with E-state index < -0.39 is 0 Å². The molecule has 0 amide bonds. The monoisotopic (exact) mass is 292 g/mol. The summed E-state index contributed by atoms with van der Waals surface area (Å²) in [7, 11) is 1.58. The number of ether oxygens (including phenoxy) is 2. The zero-order valence-electron chi connectivity index (χ0n) is 11.2. The average Bonchev–Trinajstić information content (AvgIpc) is 2.50. The number of methoxy groups -OCH3 is 1. The van der Waals surface area contributed by atoms with Crippen molar-refractivity contribution in [3.8, 4) is 11.5 Å². The van der Waals surface area contributed by atoms with E-state index in [-0.39, 0.29) is 6.04 Å². The standard InChI is InChI=1S/C15H17ClN2O2/c1-19-15-9-11(7-8-13(15)16)14(18-17)10-20-12-5-3-2-4-6-12/h2-9,14,18H,10,17H2,1H3. The molecule has 3 N–H and O–H groups in total. The van der Waals surface area contributed by atoms with Crippen LogP contribution in [-0.2, 0) is 0 Å². The van der Waals surface area contributed by atoms with Gasteiger partial charge in [-0.1, -0.05) is 35.9 Å². The molecule has 0 bridgehead atoms. The molecule has 4 nitrogen and oxygen atoms in total. The maximum absolute atomic E-state index is 6.01. The molecule has 0 spiro atoms. The zero-order chi connectivity index (χ0) is 14.4. The first kappa shape index (κ1) is 14.7. The van der Waals surface area contributed by atoms with Crippen molar-refractivity contribution in [2.45, 2.75) is 6.04 Å². The van der Waals surface area contributed by atoms with E-state index in [9.17, 15) is 0 Å². The molecule has 0 fully saturated rings. The Hall–Kier alpha value is -1.75. The summed E-state index contributed by atoms with van der Waals surface area (Å²) in [6.45, 7) is 0.408. The minimum absolute atomic E-state index is 0.152. The third-order valence-corrected chi connectivity index (χ3v) is 3.25. The Morgan fingerprint density at radius 2 is 1.95 bits per heavy atom. The number of benzene rings is 2. The van der Waals surface area contributed by atoms with Gasteiger partial charge < -0.3 is 9.47 Å². The van der Waals surface area contributed by atoms with Gasteiger partial charge in [0.05, 0.1) is 18.2 Å². The minimum Gasteiger partial charge on any atom is -0.495 e. The summed E-state index contributed by atoms with van der Waals surface area (Å²) in [5.74, 6) is 7.01. The van der Waals surface area contributed by atoms with E-state index in [0.29, 0.717) is 17.4 Å². The fourth-order valence-electron chi connectivity index (χ4n) is 1.83. The Balaban J connectivity index is 2.08. The van der Waals surface area contributed by atoms with E-state index in [1.54, 1.807) is 13.2 Å². The van der Waals surface area contributed by atoms with Crippen LogP contribution in [0.1, 0.15) is 11.6 Å². The molecule has 20 heavy (non-hydrogen) atoms. The van der Waals surface area contributed by atoms with Crippen molar-refractivity contribution in [3.05, 3.63) is 59.1 Å². The number of hydrogen-bond acceptors (Lipinski definition) is 4. The van der Waals surface area contributed by atoms with Gasteiger partial charge in [-0.05, 0) is 29.8 Å². The van der Waals surface area contributed by atoms with Gasteiger partial charge in [-0.25, -0.2) is 5.43 Å². The van der Waals surface area contributed by atoms with Crippen molar-refractivity contribution in [2.24, 2.45) is 5.84 Å². The van der Waals surface area contributed by atoms with Gasteiger partial charge in [0.2, 0.25) is 0 Å². The van der Waals surface area contributed by atoms with Crippen LogP contribution in [0.4, 0.5) is 0 Å². The van der Waals surface area contributed by atoms with Gasteiger partial charge in [-0.2, -0.15) is 0 Å². The fourth-order valence-corrected chi connectivity index (χ4v) is 2.02. The molecule has 0 aromatic heterocycles. The van der Waals surface area contributed by atoms with Crippen molar-refractivity contribution in [1.29, 1.82) is 0 Å². The molecule has 0 aliphatic heterocycles. The van der Waals surface area contributed by atoms with Crippen LogP contribution in [0.25, 0.3) is 0 Å². The van der Waals surface area contributed by atoms with E-state index >= 15 is 0 Å². The Morgan fingerprint density at radius 1 is 1.20 bits per heavy atom. The number of rotatable bonds is 6. The molecule has 0 radical (unpaired) electrons. The largest absolute Gasteiger partial charge is 0.495 e. The maximum atomic E-state index is 6.01. The molecule has 1 atom stereocenters. The van der Waals surface area contributed by atoms with Crippen molar-refractivity contribution in [2.75, 3.05) is 13.7 Å². The van der Waals surface area contributed by atoms with Crippen LogP contribution in [0.5, 0.6) is 11.5 Å². The molecule has 2 aromatic carbocycles. The second kappa shape index (κ2) is 7.14. The van der Waals surface area contributed by atoms with Crippen molar-refractivity contribution < 1.29 is 9.47 Å². The number of nitrogens with two attached hydrogens (primary N) is 1. The molecule has 2 rings (SSSR count). The lowest BCUT2D eigenvalue weighted by atomic mass is 10.1. The number of para-hydroxylation sites is 1. The summed E-state index contributed by atoms with van der Waals surface area (Å²) in [6, 6.07) is 15.0. The van der Waals surface area contributed by atoms with Gasteiger partial charge in [0, 0.05) is 0 Å². The first-order valence-electron chi connectivity index (χ1n) is 6.22. The molecule has 0 aliphatic carbocycles. The lowest BCUT2D eigenvalue weighted by Crippen LogP contribution is -2.32. The normalized spacial score (nSPS) is 11.9. The van der Waals surface area contributed by atoms with Gasteiger partial charge in [-0.15, -0.1) is 0 Å². The van der Waals surface area contributed by atoms with Crippen LogP contribution in [0.15, 0.2) is 48.5 Å². The van der Waals surface area contributed by atoms with Gasteiger partial charge in [-0.3, -0.25) is 5.84 Å². The molecular weight excluding hydrogens is 276 g/mol. The Kier molecular flexibility index (Phi) is 5.24. The van der Waals surface area contributed by atoms with E-state index in [4.69, 9.17) is 26.9 Å². The summed E-state index contributed by atoms with van der Waals surface area (Å²) >= 11 is 6.01. The van der Waals surface area contributed by atoms with Crippen LogP contribution in [0, 0.1) is 0 Å². The minimum atomic E-state index is -0.152. The highest BCUT2D eigenvalue weighted by Crippen LogP contribution is 2.27. The van der Waals surface area contributed by atoms with Crippen LogP contribution >= 0.6 is 11.6 Å². The number of hydrogen-bond donors (Lipinski definition) is 2. The smallest absolute Gasteiger partial charge is 0.137 e. The second-order valence-electron chi connectivity index (χ2n) is 4.24. The molecule has 1 unspecified atom stereocenters. The van der Waals surface area contributed by atoms with E-state index in [1.165, 1.54) is 0 Å². The first-order chi connectivity index (χ1) is 9.74. The molecule has 0 aliphatic rings. The number of hydrazine groups is 1. The van der Waals surface area contributed by atoms with Crippen LogP contribution in [-0.4, -0.2) is 13.7 Å². The van der Waals surface area contributed by atoms with Gasteiger partial charge in [0.1, 0.15) is 18.1 Å².